The summed E-state index contributed by atoms with van der Waals surface area (Å²) in [5.74, 6) is -0.923. The fraction of sp³-hybridized carbons (Fsp3) is 0.300. The Hall–Kier alpha value is -0.840. The smallest absolute Gasteiger partial charge is 0.307 e. The van der Waals surface area contributed by atoms with Crippen LogP contribution in [0.5, 0.6) is 0 Å². The molecule has 0 fully saturated rings. The van der Waals surface area contributed by atoms with Crippen LogP contribution in [0.4, 0.5) is 4.39 Å². The number of ether oxygens (including phenoxy) is 1. The predicted octanol–water partition coefficient (Wildman–Crippen LogP) is 2.46. The molecule has 0 saturated carbocycles. The van der Waals surface area contributed by atoms with Crippen LogP contribution >= 0.6 is 24.0 Å². The summed E-state index contributed by atoms with van der Waals surface area (Å²) in [6.07, 6.45) is 0.0401. The molecule has 0 spiro atoms. The molecule has 3 nitrogen and oxygen atoms in total. The Bertz CT molecular complexity index is 374. The highest BCUT2D eigenvalue weighted by molar-refractivity contribution is 6.30. The van der Waals surface area contributed by atoms with Crippen LogP contribution in [0.3, 0.4) is 0 Å². The molecule has 0 unspecified atom stereocenters. The summed E-state index contributed by atoms with van der Waals surface area (Å²) in [5.41, 5.74) is 6.31. The average Bonchev–Trinajstić information content (AvgIpc) is 2.21. The number of methoxy groups -OCH3 is 1. The summed E-state index contributed by atoms with van der Waals surface area (Å²) in [6, 6.07) is 3.59. The maximum absolute atomic E-state index is 12.8. The largest absolute Gasteiger partial charge is 0.469 e. The maximum Gasteiger partial charge on any atom is 0.307 e. The van der Waals surface area contributed by atoms with Gasteiger partial charge in [-0.05, 0) is 17.7 Å². The SMILES string of the molecule is COC(=O)C[C@@H](N)c1ccc(F)c(Cl)c1.Cl. The molecule has 0 radical (unpaired) electrons. The minimum Gasteiger partial charge on any atom is -0.469 e. The first kappa shape index (κ1) is 15.2. The molecule has 0 aliphatic rings. The van der Waals surface area contributed by atoms with Crippen molar-refractivity contribution in [2.75, 3.05) is 7.11 Å². The lowest BCUT2D eigenvalue weighted by Gasteiger charge is -2.10. The second-order valence-corrected chi connectivity index (χ2v) is 3.47. The molecule has 0 heterocycles. The number of carbonyl (C=O) groups is 1. The fourth-order valence-electron chi connectivity index (χ4n) is 1.12. The van der Waals surface area contributed by atoms with Crippen LogP contribution in [0.2, 0.25) is 5.02 Å². The summed E-state index contributed by atoms with van der Waals surface area (Å²) in [5, 5.41) is -0.00665. The lowest BCUT2D eigenvalue weighted by atomic mass is 10.1. The van der Waals surface area contributed by atoms with Crippen molar-refractivity contribution in [1.82, 2.24) is 0 Å². The number of carbonyl (C=O) groups excluding carboxylic acids is 1. The van der Waals surface area contributed by atoms with Gasteiger partial charge in [0.1, 0.15) is 5.82 Å². The van der Waals surface area contributed by atoms with Crippen LogP contribution in [0.25, 0.3) is 0 Å². The zero-order chi connectivity index (χ0) is 11.4. The highest BCUT2D eigenvalue weighted by Crippen LogP contribution is 2.21. The third-order valence-electron chi connectivity index (χ3n) is 1.99. The van der Waals surface area contributed by atoms with Crippen LogP contribution in [-0.4, -0.2) is 13.1 Å². The normalized spacial score (nSPS) is 11.5. The van der Waals surface area contributed by atoms with Gasteiger partial charge < -0.3 is 10.5 Å². The van der Waals surface area contributed by atoms with Gasteiger partial charge in [0, 0.05) is 6.04 Å². The van der Waals surface area contributed by atoms with Gasteiger partial charge in [-0.3, -0.25) is 4.79 Å². The number of benzene rings is 1. The van der Waals surface area contributed by atoms with E-state index < -0.39 is 17.8 Å². The molecule has 6 heteroatoms. The lowest BCUT2D eigenvalue weighted by molar-refractivity contribution is -0.141. The zero-order valence-electron chi connectivity index (χ0n) is 8.57. The maximum atomic E-state index is 12.8. The number of esters is 1. The van der Waals surface area contributed by atoms with Crippen LogP contribution in [0.1, 0.15) is 18.0 Å². The summed E-state index contributed by atoms with van der Waals surface area (Å²) in [4.78, 5) is 10.9. The third-order valence-corrected chi connectivity index (χ3v) is 2.28. The molecule has 1 aromatic carbocycles. The number of hydrogen-bond donors (Lipinski definition) is 1. The van der Waals surface area contributed by atoms with E-state index in [9.17, 15) is 9.18 Å². The molecular formula is C10H12Cl2FNO2. The molecule has 0 aromatic heterocycles. The lowest BCUT2D eigenvalue weighted by Crippen LogP contribution is -2.16. The zero-order valence-corrected chi connectivity index (χ0v) is 10.1. The van der Waals surface area contributed by atoms with Gasteiger partial charge in [0.2, 0.25) is 0 Å². The number of halogens is 3. The van der Waals surface area contributed by atoms with Crippen LogP contribution in [-0.2, 0) is 9.53 Å². The second kappa shape index (κ2) is 6.68. The minimum absolute atomic E-state index is 0. The van der Waals surface area contributed by atoms with E-state index in [1.165, 1.54) is 25.3 Å². The monoisotopic (exact) mass is 267 g/mol. The van der Waals surface area contributed by atoms with Crippen molar-refractivity contribution in [2.24, 2.45) is 5.73 Å². The van der Waals surface area contributed by atoms with Crippen molar-refractivity contribution in [3.05, 3.63) is 34.6 Å². The van der Waals surface area contributed by atoms with E-state index >= 15 is 0 Å². The van der Waals surface area contributed by atoms with Gasteiger partial charge in [-0.15, -0.1) is 12.4 Å². The topological polar surface area (TPSA) is 52.3 Å². The molecule has 0 bridgehead atoms. The van der Waals surface area contributed by atoms with E-state index in [0.29, 0.717) is 5.56 Å². The molecular weight excluding hydrogens is 256 g/mol. The summed E-state index contributed by atoms with van der Waals surface area (Å²) < 4.78 is 17.3. The van der Waals surface area contributed by atoms with Crippen molar-refractivity contribution in [3.63, 3.8) is 0 Å². The number of hydrogen-bond acceptors (Lipinski definition) is 3. The molecule has 0 saturated heterocycles. The van der Waals surface area contributed by atoms with E-state index in [1.807, 2.05) is 0 Å². The molecule has 1 aromatic rings. The second-order valence-electron chi connectivity index (χ2n) is 3.06. The fourth-order valence-corrected chi connectivity index (χ4v) is 1.31. The molecule has 16 heavy (non-hydrogen) atoms. The first-order valence-electron chi connectivity index (χ1n) is 4.32. The highest BCUT2D eigenvalue weighted by Gasteiger charge is 2.13. The molecule has 1 rings (SSSR count). The van der Waals surface area contributed by atoms with Crippen molar-refractivity contribution in [1.29, 1.82) is 0 Å². The molecule has 0 amide bonds. The van der Waals surface area contributed by atoms with Crippen LogP contribution < -0.4 is 5.73 Å². The number of nitrogens with two attached hydrogens (primary N) is 1. The predicted molar refractivity (Wildman–Crippen MR) is 62.2 cm³/mol. The van der Waals surface area contributed by atoms with Crippen molar-refractivity contribution in [2.45, 2.75) is 12.5 Å². The van der Waals surface area contributed by atoms with E-state index in [2.05, 4.69) is 4.74 Å². The van der Waals surface area contributed by atoms with Crippen LogP contribution in [0.15, 0.2) is 18.2 Å². The van der Waals surface area contributed by atoms with Crippen molar-refractivity contribution >= 4 is 30.0 Å². The van der Waals surface area contributed by atoms with Gasteiger partial charge >= 0.3 is 5.97 Å². The van der Waals surface area contributed by atoms with Crippen molar-refractivity contribution in [3.8, 4) is 0 Å². The summed E-state index contributed by atoms with van der Waals surface area (Å²) in [6.45, 7) is 0. The van der Waals surface area contributed by atoms with E-state index in [1.54, 1.807) is 0 Å². The van der Waals surface area contributed by atoms with E-state index in [-0.39, 0.29) is 23.9 Å². The molecule has 1 atom stereocenters. The Labute approximate surface area is 104 Å². The minimum atomic E-state index is -0.532. The molecule has 0 aliphatic heterocycles. The van der Waals surface area contributed by atoms with Gasteiger partial charge in [0.15, 0.2) is 0 Å². The van der Waals surface area contributed by atoms with Gasteiger partial charge in [0.05, 0.1) is 18.6 Å². The van der Waals surface area contributed by atoms with Gasteiger partial charge in [-0.25, -0.2) is 4.39 Å². The third kappa shape index (κ3) is 3.96. The Morgan fingerprint density at radius 2 is 2.25 bits per heavy atom. The first-order chi connectivity index (χ1) is 7.04. The standard InChI is InChI=1S/C10H11ClFNO2.ClH/c1-15-10(14)5-9(13)6-2-3-8(12)7(11)4-6;/h2-4,9H,5,13H2,1H3;1H/t9-;/m1./s1. The van der Waals surface area contributed by atoms with E-state index in [0.717, 1.165) is 0 Å². The Kier molecular flexibility index (Phi) is 6.33. The van der Waals surface area contributed by atoms with Gasteiger partial charge in [-0.2, -0.15) is 0 Å². The summed E-state index contributed by atoms with van der Waals surface area (Å²) in [7, 11) is 1.28. The average molecular weight is 268 g/mol. The number of rotatable bonds is 3. The Morgan fingerprint density at radius 3 is 2.75 bits per heavy atom. The molecule has 2 N–H and O–H groups in total. The first-order valence-corrected chi connectivity index (χ1v) is 4.69. The van der Waals surface area contributed by atoms with Gasteiger partial charge in [-0.1, -0.05) is 17.7 Å². The summed E-state index contributed by atoms with van der Waals surface area (Å²) >= 11 is 5.58. The molecule has 90 valence electrons. The highest BCUT2D eigenvalue weighted by atomic mass is 35.5. The Morgan fingerprint density at radius 1 is 1.62 bits per heavy atom. The molecule has 0 aliphatic carbocycles. The Balaban J connectivity index is 0.00000225. The van der Waals surface area contributed by atoms with Crippen molar-refractivity contribution < 1.29 is 13.9 Å². The van der Waals surface area contributed by atoms with Gasteiger partial charge in [0.25, 0.3) is 0 Å². The van der Waals surface area contributed by atoms with E-state index in [4.69, 9.17) is 17.3 Å². The van der Waals surface area contributed by atoms with Crippen LogP contribution in [0, 0.1) is 5.82 Å². The quantitative estimate of drug-likeness (QED) is 0.857.